The molecule has 0 saturated carbocycles. The monoisotopic (exact) mass is 252 g/mol. The average Bonchev–Trinajstić information content (AvgIpc) is 2.81. The molecule has 1 aromatic carbocycles. The Bertz CT molecular complexity index is 775. The van der Waals surface area contributed by atoms with Gasteiger partial charge in [0.25, 0.3) is 0 Å². The van der Waals surface area contributed by atoms with Crippen molar-refractivity contribution < 1.29 is 9.90 Å². The second-order valence-corrected chi connectivity index (χ2v) is 4.48. The molecular formula is C15H12N2O2. The fourth-order valence-electron chi connectivity index (χ4n) is 2.03. The zero-order valence-electron chi connectivity index (χ0n) is 10.4. The first kappa shape index (κ1) is 11.5. The van der Waals surface area contributed by atoms with E-state index < -0.39 is 5.97 Å². The molecule has 0 aliphatic carbocycles. The lowest BCUT2D eigenvalue weighted by Crippen LogP contribution is -1.95. The molecule has 19 heavy (non-hydrogen) atoms. The number of rotatable bonds is 2. The van der Waals surface area contributed by atoms with Crippen LogP contribution in [-0.2, 0) is 0 Å². The van der Waals surface area contributed by atoms with E-state index in [2.05, 4.69) is 4.98 Å². The summed E-state index contributed by atoms with van der Waals surface area (Å²) in [6.07, 6.45) is 3.85. The van der Waals surface area contributed by atoms with Crippen LogP contribution in [0.25, 0.3) is 16.9 Å². The number of nitrogens with zero attached hydrogens (tertiary/aromatic N) is 2. The molecule has 0 atom stereocenters. The predicted molar refractivity (Wildman–Crippen MR) is 72.3 cm³/mol. The van der Waals surface area contributed by atoms with E-state index in [4.69, 9.17) is 5.11 Å². The van der Waals surface area contributed by atoms with Crippen LogP contribution in [0.1, 0.15) is 15.9 Å². The summed E-state index contributed by atoms with van der Waals surface area (Å²) < 4.78 is 1.93. The molecule has 4 heteroatoms. The standard InChI is InChI=1S/C15H12N2O2/c1-10-5-6-17-9-13(16-14(17)7-10)11-3-2-4-12(8-11)15(18)19/h2-9H,1H3,(H,18,19). The maximum Gasteiger partial charge on any atom is 0.335 e. The first-order valence-corrected chi connectivity index (χ1v) is 5.92. The highest BCUT2D eigenvalue weighted by Crippen LogP contribution is 2.20. The van der Waals surface area contributed by atoms with Gasteiger partial charge in [-0.25, -0.2) is 9.78 Å². The minimum absolute atomic E-state index is 0.269. The molecule has 1 N–H and O–H groups in total. The number of hydrogen-bond acceptors (Lipinski definition) is 2. The Balaban J connectivity index is 2.13. The number of benzene rings is 1. The summed E-state index contributed by atoms with van der Waals surface area (Å²) in [5, 5.41) is 9.01. The van der Waals surface area contributed by atoms with Gasteiger partial charge in [0.05, 0.1) is 11.3 Å². The minimum atomic E-state index is -0.929. The van der Waals surface area contributed by atoms with Crippen molar-refractivity contribution in [3.8, 4) is 11.3 Å². The number of carboxylic acid groups (broad SMARTS) is 1. The lowest BCUT2D eigenvalue weighted by molar-refractivity contribution is 0.0697. The minimum Gasteiger partial charge on any atom is -0.478 e. The van der Waals surface area contributed by atoms with Crippen LogP contribution in [0.3, 0.4) is 0 Å². The first-order valence-electron chi connectivity index (χ1n) is 5.92. The highest BCUT2D eigenvalue weighted by atomic mass is 16.4. The van der Waals surface area contributed by atoms with Crippen molar-refractivity contribution >= 4 is 11.6 Å². The summed E-state index contributed by atoms with van der Waals surface area (Å²) in [5.41, 5.74) is 3.85. The summed E-state index contributed by atoms with van der Waals surface area (Å²) in [5.74, 6) is -0.929. The van der Waals surface area contributed by atoms with E-state index in [1.165, 1.54) is 0 Å². The van der Waals surface area contributed by atoms with Gasteiger partial charge in [0, 0.05) is 18.0 Å². The van der Waals surface area contributed by atoms with E-state index >= 15 is 0 Å². The van der Waals surface area contributed by atoms with Crippen LogP contribution in [0.5, 0.6) is 0 Å². The topological polar surface area (TPSA) is 54.6 Å². The van der Waals surface area contributed by atoms with Gasteiger partial charge in [-0.05, 0) is 36.8 Å². The number of carboxylic acids is 1. The molecule has 3 rings (SSSR count). The molecule has 2 aromatic heterocycles. The van der Waals surface area contributed by atoms with Crippen molar-refractivity contribution in [2.75, 3.05) is 0 Å². The Kier molecular flexibility index (Phi) is 2.56. The van der Waals surface area contributed by atoms with Gasteiger partial charge in [0.1, 0.15) is 5.65 Å². The van der Waals surface area contributed by atoms with E-state index in [0.717, 1.165) is 22.5 Å². The smallest absolute Gasteiger partial charge is 0.335 e. The lowest BCUT2D eigenvalue weighted by atomic mass is 10.1. The van der Waals surface area contributed by atoms with Gasteiger partial charge >= 0.3 is 5.97 Å². The third kappa shape index (κ3) is 2.08. The molecule has 2 heterocycles. The average molecular weight is 252 g/mol. The molecular weight excluding hydrogens is 240 g/mol. The molecule has 0 unspecified atom stereocenters. The van der Waals surface area contributed by atoms with Gasteiger partial charge in [-0.2, -0.15) is 0 Å². The Labute approximate surface area is 110 Å². The molecule has 0 fully saturated rings. The molecule has 3 aromatic rings. The van der Waals surface area contributed by atoms with Crippen molar-refractivity contribution in [1.29, 1.82) is 0 Å². The third-order valence-corrected chi connectivity index (χ3v) is 3.02. The van der Waals surface area contributed by atoms with Gasteiger partial charge in [0.15, 0.2) is 0 Å². The normalized spacial score (nSPS) is 10.8. The number of aromatic nitrogens is 2. The molecule has 0 aliphatic rings. The second-order valence-electron chi connectivity index (χ2n) is 4.48. The van der Waals surface area contributed by atoms with Crippen LogP contribution in [-0.4, -0.2) is 20.5 Å². The van der Waals surface area contributed by atoms with E-state index in [1.807, 2.05) is 41.9 Å². The lowest BCUT2D eigenvalue weighted by Gasteiger charge is -1.98. The number of carbonyl (C=O) groups is 1. The van der Waals surface area contributed by atoms with Gasteiger partial charge in [0.2, 0.25) is 0 Å². The Morgan fingerprint density at radius 1 is 1.26 bits per heavy atom. The Morgan fingerprint density at radius 2 is 2.11 bits per heavy atom. The fourth-order valence-corrected chi connectivity index (χ4v) is 2.03. The maximum atomic E-state index is 11.0. The van der Waals surface area contributed by atoms with Crippen molar-refractivity contribution in [3.63, 3.8) is 0 Å². The van der Waals surface area contributed by atoms with Crippen LogP contribution < -0.4 is 0 Å². The van der Waals surface area contributed by atoms with Crippen LogP contribution in [0.4, 0.5) is 0 Å². The number of aromatic carboxylic acids is 1. The zero-order chi connectivity index (χ0) is 13.4. The van der Waals surface area contributed by atoms with Crippen molar-refractivity contribution in [2.24, 2.45) is 0 Å². The molecule has 94 valence electrons. The highest BCUT2D eigenvalue weighted by Gasteiger charge is 2.08. The summed E-state index contributed by atoms with van der Waals surface area (Å²) in [4.78, 5) is 15.5. The third-order valence-electron chi connectivity index (χ3n) is 3.02. The van der Waals surface area contributed by atoms with Crippen LogP contribution in [0.15, 0.2) is 48.8 Å². The number of pyridine rings is 1. The number of fused-ring (bicyclic) bond motifs is 1. The van der Waals surface area contributed by atoms with E-state index in [1.54, 1.807) is 18.2 Å². The number of imidazole rings is 1. The molecule has 4 nitrogen and oxygen atoms in total. The van der Waals surface area contributed by atoms with Crippen molar-refractivity contribution in [1.82, 2.24) is 9.38 Å². The van der Waals surface area contributed by atoms with Crippen molar-refractivity contribution in [2.45, 2.75) is 6.92 Å². The molecule has 0 bridgehead atoms. The van der Waals surface area contributed by atoms with Gasteiger partial charge in [-0.15, -0.1) is 0 Å². The van der Waals surface area contributed by atoms with E-state index in [9.17, 15) is 4.79 Å². The highest BCUT2D eigenvalue weighted by molar-refractivity contribution is 5.89. The Hall–Kier alpha value is -2.62. The molecule has 0 aliphatic heterocycles. The van der Waals surface area contributed by atoms with E-state index in [0.29, 0.717) is 0 Å². The molecule has 0 radical (unpaired) electrons. The zero-order valence-corrected chi connectivity index (χ0v) is 10.4. The van der Waals surface area contributed by atoms with Crippen LogP contribution >= 0.6 is 0 Å². The quantitative estimate of drug-likeness (QED) is 0.762. The fraction of sp³-hybridized carbons (Fsp3) is 0.0667. The van der Waals surface area contributed by atoms with Crippen LogP contribution in [0.2, 0.25) is 0 Å². The predicted octanol–water partition coefficient (Wildman–Crippen LogP) is 3.01. The SMILES string of the molecule is Cc1ccn2cc(-c3cccc(C(=O)O)c3)nc2c1. The van der Waals surface area contributed by atoms with Gasteiger partial charge in [-0.1, -0.05) is 12.1 Å². The summed E-state index contributed by atoms with van der Waals surface area (Å²) >= 11 is 0. The molecule has 0 amide bonds. The number of hydrogen-bond donors (Lipinski definition) is 1. The summed E-state index contributed by atoms with van der Waals surface area (Å²) in [6, 6.07) is 10.8. The van der Waals surface area contributed by atoms with E-state index in [-0.39, 0.29) is 5.56 Å². The van der Waals surface area contributed by atoms with Crippen molar-refractivity contribution in [3.05, 3.63) is 59.9 Å². The Morgan fingerprint density at radius 3 is 2.89 bits per heavy atom. The largest absolute Gasteiger partial charge is 0.478 e. The first-order chi connectivity index (χ1) is 9.13. The molecule has 0 spiro atoms. The molecule has 0 saturated heterocycles. The summed E-state index contributed by atoms with van der Waals surface area (Å²) in [6.45, 7) is 2.01. The summed E-state index contributed by atoms with van der Waals surface area (Å²) in [7, 11) is 0. The number of aryl methyl sites for hydroxylation is 1. The van der Waals surface area contributed by atoms with Gasteiger partial charge in [-0.3, -0.25) is 0 Å². The maximum absolute atomic E-state index is 11.0. The second kappa shape index (κ2) is 4.24. The van der Waals surface area contributed by atoms with Gasteiger partial charge < -0.3 is 9.51 Å². The van der Waals surface area contributed by atoms with Crippen LogP contribution in [0, 0.1) is 6.92 Å².